The summed E-state index contributed by atoms with van der Waals surface area (Å²) in [4.78, 5) is 29.7. The molecule has 2 aromatic rings. The lowest BCUT2D eigenvalue weighted by Crippen LogP contribution is -2.57. The number of sulfonamides is 1. The number of carbonyl (C=O) groups is 2. The Balaban J connectivity index is 1.68. The second-order valence-corrected chi connectivity index (χ2v) is 10.8. The van der Waals surface area contributed by atoms with Crippen molar-refractivity contribution in [2.75, 3.05) is 55.1 Å². The van der Waals surface area contributed by atoms with Crippen molar-refractivity contribution in [1.29, 1.82) is 0 Å². The second-order valence-electron chi connectivity index (χ2n) is 8.63. The molecule has 196 valence electrons. The molecule has 1 saturated heterocycles. The Hall–Kier alpha value is -3.02. The zero-order valence-electron chi connectivity index (χ0n) is 20.2. The topological polar surface area (TPSA) is 137 Å². The van der Waals surface area contributed by atoms with Crippen LogP contribution in [0.4, 0.5) is 16.2 Å². The monoisotopic (exact) mass is 536 g/mol. The van der Waals surface area contributed by atoms with Gasteiger partial charge in [0.25, 0.3) is 0 Å². The van der Waals surface area contributed by atoms with Crippen molar-refractivity contribution >= 4 is 44.9 Å². The predicted octanol–water partition coefficient (Wildman–Crippen LogP) is 1.62. The van der Waals surface area contributed by atoms with Crippen LogP contribution in [0.3, 0.4) is 0 Å². The molecule has 0 unspecified atom stereocenters. The van der Waals surface area contributed by atoms with E-state index < -0.39 is 22.1 Å². The van der Waals surface area contributed by atoms with E-state index in [4.69, 9.17) is 17.3 Å². The number of anilines is 2. The van der Waals surface area contributed by atoms with Gasteiger partial charge in [0.2, 0.25) is 15.9 Å². The van der Waals surface area contributed by atoms with Crippen molar-refractivity contribution in [3.05, 3.63) is 59.1 Å². The minimum Gasteiger partial charge on any atom is -0.366 e. The molecule has 1 fully saturated rings. The van der Waals surface area contributed by atoms with Crippen LogP contribution in [0.2, 0.25) is 5.02 Å². The van der Waals surface area contributed by atoms with E-state index >= 15 is 0 Å². The van der Waals surface area contributed by atoms with Crippen LogP contribution in [-0.4, -0.2) is 76.8 Å². The van der Waals surface area contributed by atoms with Gasteiger partial charge in [-0.15, -0.1) is 0 Å². The third kappa shape index (κ3) is 8.28. The number of hydrogen-bond donors (Lipinski definition) is 4. The van der Waals surface area contributed by atoms with Gasteiger partial charge in [0.1, 0.15) is 6.04 Å². The molecule has 1 aliphatic heterocycles. The van der Waals surface area contributed by atoms with E-state index in [0.717, 1.165) is 17.5 Å². The summed E-state index contributed by atoms with van der Waals surface area (Å²) in [5.41, 5.74) is 7.61. The highest BCUT2D eigenvalue weighted by Crippen LogP contribution is 2.27. The fourth-order valence-corrected chi connectivity index (χ4v) is 4.69. The fourth-order valence-electron chi connectivity index (χ4n) is 3.99. The highest BCUT2D eigenvalue weighted by molar-refractivity contribution is 7.92. The molecule has 12 heteroatoms. The number of nitrogens with zero attached hydrogens (tertiary/aromatic N) is 2. The number of hydrogen-bond acceptors (Lipinski definition) is 6. The maximum absolute atomic E-state index is 13.5. The zero-order valence-corrected chi connectivity index (χ0v) is 21.8. The van der Waals surface area contributed by atoms with Gasteiger partial charge >= 0.3 is 6.03 Å². The molecule has 5 N–H and O–H groups in total. The van der Waals surface area contributed by atoms with Crippen LogP contribution in [0.5, 0.6) is 0 Å². The molecule has 0 aromatic heterocycles. The molecule has 0 spiro atoms. The van der Waals surface area contributed by atoms with Crippen LogP contribution < -0.4 is 26.0 Å². The Labute approximate surface area is 217 Å². The van der Waals surface area contributed by atoms with Gasteiger partial charge in [0, 0.05) is 44.2 Å². The van der Waals surface area contributed by atoms with Crippen LogP contribution in [0, 0.1) is 0 Å². The number of carbonyl (C=O) groups excluding carboxylic acids is 2. The van der Waals surface area contributed by atoms with Gasteiger partial charge < -0.3 is 26.2 Å². The first-order chi connectivity index (χ1) is 17.2. The molecular formula is C24H33ClN6O4S. The van der Waals surface area contributed by atoms with Gasteiger partial charge in [-0.2, -0.15) is 0 Å². The molecule has 1 heterocycles. The third-order valence-electron chi connectivity index (χ3n) is 5.75. The zero-order chi connectivity index (χ0) is 26.1. The van der Waals surface area contributed by atoms with Crippen LogP contribution in [0.15, 0.2) is 48.5 Å². The first-order valence-corrected chi connectivity index (χ1v) is 14.0. The average Bonchev–Trinajstić information content (AvgIpc) is 2.84. The van der Waals surface area contributed by atoms with Crippen molar-refractivity contribution in [3.63, 3.8) is 0 Å². The number of piperazine rings is 1. The number of rotatable bonds is 10. The lowest BCUT2D eigenvalue weighted by Gasteiger charge is -2.38. The van der Waals surface area contributed by atoms with Gasteiger partial charge in [-0.05, 0) is 42.8 Å². The SMILES string of the molecule is CS(=O)(=O)Nc1ccccc1N1CCN(C(=O)[C@@H](Cc2ccc(Cl)cc2)NC(=O)NCCCN)CC1. The van der Waals surface area contributed by atoms with Crippen LogP contribution in [0.1, 0.15) is 12.0 Å². The number of urea groups is 1. The Morgan fingerprint density at radius 3 is 2.36 bits per heavy atom. The summed E-state index contributed by atoms with van der Waals surface area (Å²) in [5, 5.41) is 6.14. The van der Waals surface area contributed by atoms with E-state index in [0.29, 0.717) is 62.8 Å². The molecule has 36 heavy (non-hydrogen) atoms. The van der Waals surface area contributed by atoms with Gasteiger partial charge in [0.15, 0.2) is 0 Å². The summed E-state index contributed by atoms with van der Waals surface area (Å²) in [5.74, 6) is -0.180. The summed E-state index contributed by atoms with van der Waals surface area (Å²) < 4.78 is 26.1. The maximum Gasteiger partial charge on any atom is 0.315 e. The molecule has 0 saturated carbocycles. The summed E-state index contributed by atoms with van der Waals surface area (Å²) in [6.45, 7) is 2.78. The van der Waals surface area contributed by atoms with Crippen molar-refractivity contribution < 1.29 is 18.0 Å². The third-order valence-corrected chi connectivity index (χ3v) is 6.60. The summed E-state index contributed by atoms with van der Waals surface area (Å²) in [6.07, 6.45) is 2.07. The number of nitrogens with one attached hydrogen (secondary N) is 3. The molecule has 3 amide bonds. The molecule has 3 rings (SSSR count). The van der Waals surface area contributed by atoms with Gasteiger partial charge in [-0.25, -0.2) is 13.2 Å². The largest absolute Gasteiger partial charge is 0.366 e. The summed E-state index contributed by atoms with van der Waals surface area (Å²) >= 11 is 5.99. The Morgan fingerprint density at radius 1 is 1.06 bits per heavy atom. The molecule has 10 nitrogen and oxygen atoms in total. The Kier molecular flexibility index (Phi) is 9.80. The standard InChI is InChI=1S/C24H33ClN6O4S/c1-36(34,35)29-20-5-2-3-6-22(20)30-13-15-31(16-14-30)23(32)21(28-24(33)27-12-4-11-26)17-18-7-9-19(25)10-8-18/h2-3,5-10,21,29H,4,11-17,26H2,1H3,(H2,27,28,33)/t21-/m1/s1. The Bertz CT molecular complexity index is 1140. The van der Waals surface area contributed by atoms with Crippen LogP contribution in [-0.2, 0) is 21.2 Å². The minimum absolute atomic E-state index is 0.180. The number of amides is 3. The van der Waals surface area contributed by atoms with Crippen molar-refractivity contribution in [3.8, 4) is 0 Å². The highest BCUT2D eigenvalue weighted by atomic mass is 35.5. The summed E-state index contributed by atoms with van der Waals surface area (Å²) in [7, 11) is -3.43. The maximum atomic E-state index is 13.5. The number of halogens is 1. The van der Waals surface area contributed by atoms with E-state index in [1.165, 1.54) is 0 Å². The molecule has 0 bridgehead atoms. The quantitative estimate of drug-likeness (QED) is 0.341. The molecular weight excluding hydrogens is 504 g/mol. The van der Waals surface area contributed by atoms with E-state index in [9.17, 15) is 18.0 Å². The second kappa shape index (κ2) is 12.8. The first kappa shape index (κ1) is 27.6. The predicted molar refractivity (Wildman–Crippen MR) is 143 cm³/mol. The van der Waals surface area contributed by atoms with E-state index in [1.54, 1.807) is 29.2 Å². The molecule has 1 atom stereocenters. The molecule has 0 aliphatic carbocycles. The number of nitrogens with two attached hydrogens (primary N) is 1. The normalized spacial score (nSPS) is 14.8. The highest BCUT2D eigenvalue weighted by Gasteiger charge is 2.29. The number of para-hydroxylation sites is 2. The van der Waals surface area contributed by atoms with Gasteiger partial charge in [0.05, 0.1) is 17.6 Å². The van der Waals surface area contributed by atoms with Crippen molar-refractivity contribution in [2.45, 2.75) is 18.9 Å². The van der Waals surface area contributed by atoms with E-state index in [-0.39, 0.29) is 5.91 Å². The number of benzene rings is 2. The van der Waals surface area contributed by atoms with Crippen molar-refractivity contribution in [2.24, 2.45) is 5.73 Å². The van der Waals surface area contributed by atoms with E-state index in [2.05, 4.69) is 15.4 Å². The lowest BCUT2D eigenvalue weighted by molar-refractivity contribution is -0.133. The lowest BCUT2D eigenvalue weighted by atomic mass is 10.0. The summed E-state index contributed by atoms with van der Waals surface area (Å²) in [6, 6.07) is 13.2. The van der Waals surface area contributed by atoms with Gasteiger partial charge in [-0.1, -0.05) is 35.9 Å². The van der Waals surface area contributed by atoms with Crippen LogP contribution in [0.25, 0.3) is 0 Å². The molecule has 2 aromatic carbocycles. The van der Waals surface area contributed by atoms with Crippen LogP contribution >= 0.6 is 11.6 Å². The molecule has 1 aliphatic rings. The Morgan fingerprint density at radius 2 is 1.72 bits per heavy atom. The van der Waals surface area contributed by atoms with Gasteiger partial charge in [-0.3, -0.25) is 9.52 Å². The minimum atomic E-state index is -3.43. The van der Waals surface area contributed by atoms with E-state index in [1.807, 2.05) is 29.2 Å². The fraction of sp³-hybridized carbons (Fsp3) is 0.417. The molecule has 0 radical (unpaired) electrons. The smallest absolute Gasteiger partial charge is 0.315 e. The van der Waals surface area contributed by atoms with Crippen molar-refractivity contribution in [1.82, 2.24) is 15.5 Å². The first-order valence-electron chi connectivity index (χ1n) is 11.8. The average molecular weight is 537 g/mol.